The number of piperidine rings is 1. The number of hydrogen-bond donors (Lipinski definition) is 1. The number of aryl methyl sites for hydroxylation is 1. The van der Waals surface area contributed by atoms with E-state index in [1.807, 2.05) is 31.2 Å². The lowest BCUT2D eigenvalue weighted by Crippen LogP contribution is -2.47. The molecule has 7 nitrogen and oxygen atoms in total. The lowest BCUT2D eigenvalue weighted by molar-refractivity contribution is -0.123. The number of hydrogen-bond acceptors (Lipinski definition) is 5. The predicted octanol–water partition coefficient (Wildman–Crippen LogP) is 2.72. The highest BCUT2D eigenvalue weighted by Crippen LogP contribution is 2.28. The molecule has 30 heavy (non-hydrogen) atoms. The fourth-order valence-corrected chi connectivity index (χ4v) is 4.28. The van der Waals surface area contributed by atoms with Crippen LogP contribution in [0.5, 0.6) is 0 Å². The Morgan fingerprint density at radius 3 is 2.53 bits per heavy atom. The Hall–Kier alpha value is -3.24. The summed E-state index contributed by atoms with van der Waals surface area (Å²) in [5.74, 6) is 0.637. The highest BCUT2D eigenvalue weighted by atomic mass is 16.2. The van der Waals surface area contributed by atoms with Crippen LogP contribution in [0.4, 0.5) is 11.5 Å². The van der Waals surface area contributed by atoms with Crippen LogP contribution in [0.25, 0.3) is 0 Å². The van der Waals surface area contributed by atoms with Gasteiger partial charge in [0, 0.05) is 24.3 Å². The van der Waals surface area contributed by atoms with Gasteiger partial charge in [0.1, 0.15) is 5.82 Å². The first-order chi connectivity index (χ1) is 14.5. The van der Waals surface area contributed by atoms with Gasteiger partial charge in [0.2, 0.25) is 11.8 Å². The second-order valence-corrected chi connectivity index (χ2v) is 7.97. The number of amides is 2. The maximum atomic E-state index is 13.0. The van der Waals surface area contributed by atoms with Crippen LogP contribution in [0.15, 0.2) is 42.6 Å². The number of benzene rings is 1. The molecule has 0 radical (unpaired) electrons. The lowest BCUT2D eigenvalue weighted by atomic mass is 9.94. The number of nitrogens with one attached hydrogen (secondary N) is 1. The van der Waals surface area contributed by atoms with Gasteiger partial charge < -0.3 is 10.2 Å². The first kappa shape index (κ1) is 20.0. The third-order valence-electron chi connectivity index (χ3n) is 5.99. The number of carbonyl (C=O) groups is 2. The van der Waals surface area contributed by atoms with Crippen molar-refractivity contribution in [3.8, 4) is 6.07 Å². The molecule has 3 heterocycles. The van der Waals surface area contributed by atoms with E-state index in [0.717, 1.165) is 43.6 Å². The molecule has 1 N–H and O–H groups in total. The summed E-state index contributed by atoms with van der Waals surface area (Å²) in [6.45, 7) is 4.11. The second-order valence-electron chi connectivity index (χ2n) is 7.97. The van der Waals surface area contributed by atoms with Crippen molar-refractivity contribution < 1.29 is 9.59 Å². The molecule has 2 aliphatic heterocycles. The van der Waals surface area contributed by atoms with E-state index >= 15 is 0 Å². The van der Waals surface area contributed by atoms with E-state index in [0.29, 0.717) is 17.9 Å². The van der Waals surface area contributed by atoms with Gasteiger partial charge >= 0.3 is 0 Å². The molecule has 154 valence electrons. The smallest absolute Gasteiger partial charge is 0.244 e. The van der Waals surface area contributed by atoms with E-state index in [-0.39, 0.29) is 23.8 Å². The quantitative estimate of drug-likeness (QED) is 0.848. The van der Waals surface area contributed by atoms with Crippen LogP contribution in [-0.2, 0) is 9.59 Å². The third-order valence-corrected chi connectivity index (χ3v) is 5.99. The molecule has 2 amide bonds. The predicted molar refractivity (Wildman–Crippen MR) is 114 cm³/mol. The molecule has 0 bridgehead atoms. The molecule has 1 atom stereocenters. The highest BCUT2D eigenvalue weighted by molar-refractivity contribution is 5.99. The Labute approximate surface area is 176 Å². The standard InChI is InChI=1S/C23H25N5O2/c1-16-6-10-25-21(14-16)26-22(29)18-7-11-27(12-8-18)20-9-13-28(23(20)30)19-4-2-17(15-24)3-5-19/h2-6,10,14,18,20H,7-9,11-13H2,1H3,(H,25,26,29). The van der Waals surface area contributed by atoms with Gasteiger partial charge in [0.05, 0.1) is 17.7 Å². The summed E-state index contributed by atoms with van der Waals surface area (Å²) in [6, 6.07) is 12.9. The van der Waals surface area contributed by atoms with Crippen LogP contribution in [0.3, 0.4) is 0 Å². The van der Waals surface area contributed by atoms with E-state index in [1.165, 1.54) is 0 Å². The van der Waals surface area contributed by atoms with Gasteiger partial charge in [0.25, 0.3) is 0 Å². The van der Waals surface area contributed by atoms with Gasteiger partial charge in [-0.15, -0.1) is 0 Å². The van der Waals surface area contributed by atoms with Crippen LogP contribution in [0.1, 0.15) is 30.4 Å². The fraction of sp³-hybridized carbons (Fsp3) is 0.391. The molecule has 0 saturated carbocycles. The first-order valence-electron chi connectivity index (χ1n) is 10.3. The van der Waals surface area contributed by atoms with Gasteiger partial charge in [-0.1, -0.05) is 0 Å². The molecule has 0 spiro atoms. The van der Waals surface area contributed by atoms with E-state index in [2.05, 4.69) is 21.3 Å². The molecule has 2 saturated heterocycles. The number of nitrogens with zero attached hydrogens (tertiary/aromatic N) is 4. The number of likely N-dealkylation sites (tertiary alicyclic amines) is 1. The number of carbonyl (C=O) groups excluding carboxylic acids is 2. The number of pyridine rings is 1. The van der Waals surface area contributed by atoms with Gasteiger partial charge in [-0.05, 0) is 81.2 Å². The van der Waals surface area contributed by atoms with Crippen LogP contribution in [0, 0.1) is 24.2 Å². The molecule has 7 heteroatoms. The van der Waals surface area contributed by atoms with Crippen molar-refractivity contribution in [3.63, 3.8) is 0 Å². The van der Waals surface area contributed by atoms with Crippen LogP contribution >= 0.6 is 0 Å². The Morgan fingerprint density at radius 1 is 1.13 bits per heavy atom. The Bertz CT molecular complexity index is 974. The minimum absolute atomic E-state index is 0.00436. The third kappa shape index (κ3) is 4.19. The lowest BCUT2D eigenvalue weighted by Gasteiger charge is -2.34. The summed E-state index contributed by atoms with van der Waals surface area (Å²) in [5, 5.41) is 11.9. The Balaban J connectivity index is 1.32. The minimum Gasteiger partial charge on any atom is -0.311 e. The van der Waals surface area contributed by atoms with Gasteiger partial charge in [-0.25, -0.2) is 4.98 Å². The molecular formula is C23H25N5O2. The maximum Gasteiger partial charge on any atom is 0.244 e. The molecule has 1 aromatic heterocycles. The monoisotopic (exact) mass is 403 g/mol. The van der Waals surface area contributed by atoms with Crippen molar-refractivity contribution in [3.05, 3.63) is 53.7 Å². The summed E-state index contributed by atoms with van der Waals surface area (Å²) in [4.78, 5) is 33.8. The van der Waals surface area contributed by atoms with Crippen molar-refractivity contribution in [2.75, 3.05) is 29.9 Å². The number of nitriles is 1. The van der Waals surface area contributed by atoms with Crippen LogP contribution < -0.4 is 10.2 Å². The maximum absolute atomic E-state index is 13.0. The molecule has 1 aromatic carbocycles. The topological polar surface area (TPSA) is 89.3 Å². The molecule has 2 fully saturated rings. The number of aromatic nitrogens is 1. The number of anilines is 2. The molecule has 1 unspecified atom stereocenters. The Morgan fingerprint density at radius 2 is 1.87 bits per heavy atom. The zero-order chi connectivity index (χ0) is 21.1. The molecule has 2 aromatic rings. The average molecular weight is 403 g/mol. The minimum atomic E-state index is -0.136. The second kappa shape index (κ2) is 8.64. The van der Waals surface area contributed by atoms with E-state index < -0.39 is 0 Å². The summed E-state index contributed by atoms with van der Waals surface area (Å²) in [6.07, 6.45) is 3.94. The van der Waals surface area contributed by atoms with Crippen molar-refractivity contribution in [2.45, 2.75) is 32.2 Å². The van der Waals surface area contributed by atoms with Gasteiger partial charge in [0.15, 0.2) is 0 Å². The van der Waals surface area contributed by atoms with Crippen molar-refractivity contribution >= 4 is 23.3 Å². The highest BCUT2D eigenvalue weighted by Gasteiger charge is 2.38. The SMILES string of the molecule is Cc1ccnc(NC(=O)C2CCN(C3CCN(c4ccc(C#N)cc4)C3=O)CC2)c1. The van der Waals surface area contributed by atoms with Crippen LogP contribution in [-0.4, -0.2) is 47.4 Å². The summed E-state index contributed by atoms with van der Waals surface area (Å²) in [7, 11) is 0. The van der Waals surface area contributed by atoms with E-state index in [4.69, 9.17) is 5.26 Å². The van der Waals surface area contributed by atoms with Crippen molar-refractivity contribution in [1.29, 1.82) is 5.26 Å². The summed E-state index contributed by atoms with van der Waals surface area (Å²) >= 11 is 0. The van der Waals surface area contributed by atoms with Crippen LogP contribution in [0.2, 0.25) is 0 Å². The zero-order valence-corrected chi connectivity index (χ0v) is 17.0. The summed E-state index contributed by atoms with van der Waals surface area (Å²) < 4.78 is 0. The van der Waals surface area contributed by atoms with Crippen molar-refractivity contribution in [2.24, 2.45) is 5.92 Å². The average Bonchev–Trinajstić information content (AvgIpc) is 3.15. The molecule has 2 aliphatic rings. The Kier molecular flexibility index (Phi) is 5.77. The van der Waals surface area contributed by atoms with E-state index in [1.54, 1.807) is 23.2 Å². The number of rotatable bonds is 4. The van der Waals surface area contributed by atoms with E-state index in [9.17, 15) is 9.59 Å². The fourth-order valence-electron chi connectivity index (χ4n) is 4.28. The molecule has 4 rings (SSSR count). The largest absolute Gasteiger partial charge is 0.311 e. The first-order valence-corrected chi connectivity index (χ1v) is 10.3. The zero-order valence-electron chi connectivity index (χ0n) is 17.0. The summed E-state index contributed by atoms with van der Waals surface area (Å²) in [5.41, 5.74) is 2.48. The normalized spacial score (nSPS) is 20.2. The molecule has 0 aliphatic carbocycles. The van der Waals surface area contributed by atoms with Gasteiger partial charge in [-0.3, -0.25) is 14.5 Å². The van der Waals surface area contributed by atoms with Crippen molar-refractivity contribution in [1.82, 2.24) is 9.88 Å². The van der Waals surface area contributed by atoms with Gasteiger partial charge in [-0.2, -0.15) is 5.26 Å². The molecular weight excluding hydrogens is 378 g/mol.